The summed E-state index contributed by atoms with van der Waals surface area (Å²) in [5, 5.41) is 2.63. The number of nitrogens with one attached hydrogen (secondary N) is 1. The highest BCUT2D eigenvalue weighted by atomic mass is 16.5. The molecule has 1 N–H and O–H groups in total. The lowest BCUT2D eigenvalue weighted by molar-refractivity contribution is -0.147. The topological polar surface area (TPSA) is 108 Å². The summed E-state index contributed by atoms with van der Waals surface area (Å²) in [6, 6.07) is 14.3. The standard InChI is InChI=1S/C23H22N2O6/c1-15-8-9-17(23(28)29-2)12-18(15)25-20(26)14-30-22(27)11-10-21-24-13-19(31-21)16-6-4-3-5-7-16/h3-9,12-13H,10-11,14H2,1-2H3,(H,25,26). The van der Waals surface area contributed by atoms with Gasteiger partial charge >= 0.3 is 11.9 Å². The van der Waals surface area contributed by atoms with E-state index in [4.69, 9.17) is 9.15 Å². The Morgan fingerprint density at radius 1 is 1.10 bits per heavy atom. The number of benzene rings is 2. The predicted octanol–water partition coefficient (Wildman–Crippen LogP) is 3.55. The third kappa shape index (κ3) is 6.02. The first-order valence-electron chi connectivity index (χ1n) is 9.61. The van der Waals surface area contributed by atoms with Crippen LogP contribution < -0.4 is 5.32 Å². The van der Waals surface area contributed by atoms with Gasteiger partial charge in [0, 0.05) is 17.7 Å². The van der Waals surface area contributed by atoms with Crippen molar-refractivity contribution in [3.63, 3.8) is 0 Å². The molecule has 0 saturated heterocycles. The minimum absolute atomic E-state index is 0.0267. The maximum absolute atomic E-state index is 12.1. The van der Waals surface area contributed by atoms with Crippen molar-refractivity contribution in [2.75, 3.05) is 19.0 Å². The Hall–Kier alpha value is -3.94. The number of carbonyl (C=O) groups excluding carboxylic acids is 3. The molecule has 2 aromatic carbocycles. The largest absolute Gasteiger partial charge is 0.465 e. The molecule has 0 bridgehead atoms. The minimum Gasteiger partial charge on any atom is -0.465 e. The molecule has 0 fully saturated rings. The number of hydrogen-bond acceptors (Lipinski definition) is 7. The monoisotopic (exact) mass is 422 g/mol. The minimum atomic E-state index is -0.547. The Morgan fingerprint density at radius 2 is 1.87 bits per heavy atom. The highest BCUT2D eigenvalue weighted by Gasteiger charge is 2.13. The third-order valence-electron chi connectivity index (χ3n) is 4.45. The number of rotatable bonds is 8. The number of aromatic nitrogens is 1. The van der Waals surface area contributed by atoms with Crippen molar-refractivity contribution >= 4 is 23.5 Å². The van der Waals surface area contributed by atoms with Gasteiger partial charge in [-0.15, -0.1) is 0 Å². The zero-order valence-electron chi connectivity index (χ0n) is 17.2. The lowest BCUT2D eigenvalue weighted by Crippen LogP contribution is -2.21. The summed E-state index contributed by atoms with van der Waals surface area (Å²) in [7, 11) is 1.28. The lowest BCUT2D eigenvalue weighted by atomic mass is 10.1. The van der Waals surface area contributed by atoms with Gasteiger partial charge < -0.3 is 19.2 Å². The summed E-state index contributed by atoms with van der Waals surface area (Å²) >= 11 is 0. The molecule has 0 radical (unpaired) electrons. The van der Waals surface area contributed by atoms with Crippen molar-refractivity contribution < 1.29 is 28.3 Å². The number of nitrogens with zero attached hydrogens (tertiary/aromatic N) is 1. The van der Waals surface area contributed by atoms with Gasteiger partial charge in [0.1, 0.15) is 0 Å². The van der Waals surface area contributed by atoms with Crippen LogP contribution in [-0.2, 0) is 25.5 Å². The highest BCUT2D eigenvalue weighted by molar-refractivity contribution is 5.96. The Kier molecular flexibility index (Phi) is 7.16. The van der Waals surface area contributed by atoms with Gasteiger partial charge in [0.2, 0.25) is 0 Å². The molecular weight excluding hydrogens is 400 g/mol. The molecule has 8 nitrogen and oxygen atoms in total. The van der Waals surface area contributed by atoms with E-state index in [0.29, 0.717) is 22.9 Å². The number of methoxy groups -OCH3 is 1. The first-order chi connectivity index (χ1) is 15.0. The predicted molar refractivity (Wildman–Crippen MR) is 112 cm³/mol. The van der Waals surface area contributed by atoms with E-state index in [1.54, 1.807) is 25.3 Å². The molecule has 3 rings (SSSR count). The zero-order valence-corrected chi connectivity index (χ0v) is 17.2. The van der Waals surface area contributed by atoms with Gasteiger partial charge in [-0.05, 0) is 24.6 Å². The van der Waals surface area contributed by atoms with Gasteiger partial charge in [-0.3, -0.25) is 9.59 Å². The number of hydrogen-bond donors (Lipinski definition) is 1. The molecule has 1 heterocycles. The molecule has 1 aromatic heterocycles. The highest BCUT2D eigenvalue weighted by Crippen LogP contribution is 2.20. The molecule has 8 heteroatoms. The number of carbonyl (C=O) groups is 3. The molecular formula is C23H22N2O6. The second-order valence-electron chi connectivity index (χ2n) is 6.71. The molecule has 0 unspecified atom stereocenters. The molecule has 0 spiro atoms. The van der Waals surface area contributed by atoms with Crippen molar-refractivity contribution in [2.24, 2.45) is 0 Å². The summed E-state index contributed by atoms with van der Waals surface area (Å²) in [5.74, 6) is -0.539. The van der Waals surface area contributed by atoms with Gasteiger partial charge in [-0.25, -0.2) is 9.78 Å². The Morgan fingerprint density at radius 3 is 2.61 bits per heavy atom. The van der Waals surface area contributed by atoms with Crippen molar-refractivity contribution in [3.05, 3.63) is 71.7 Å². The van der Waals surface area contributed by atoms with E-state index < -0.39 is 24.5 Å². The van der Waals surface area contributed by atoms with Crippen molar-refractivity contribution in [1.82, 2.24) is 4.98 Å². The smallest absolute Gasteiger partial charge is 0.337 e. The zero-order chi connectivity index (χ0) is 22.2. The van der Waals surface area contributed by atoms with Crippen LogP contribution in [0.1, 0.15) is 28.2 Å². The molecule has 3 aromatic rings. The number of aryl methyl sites for hydroxylation is 2. The second-order valence-corrected chi connectivity index (χ2v) is 6.71. The molecule has 0 atom stereocenters. The number of amides is 1. The van der Waals surface area contributed by atoms with Gasteiger partial charge in [-0.2, -0.15) is 0 Å². The Bertz CT molecular complexity index is 1070. The fourth-order valence-corrected chi connectivity index (χ4v) is 2.78. The summed E-state index contributed by atoms with van der Waals surface area (Å²) < 4.78 is 15.3. The van der Waals surface area contributed by atoms with Crippen LogP contribution in [0, 0.1) is 6.92 Å². The van der Waals surface area contributed by atoms with Crippen molar-refractivity contribution in [3.8, 4) is 11.3 Å². The number of esters is 2. The fraction of sp³-hybridized carbons (Fsp3) is 0.217. The SMILES string of the molecule is COC(=O)c1ccc(C)c(NC(=O)COC(=O)CCc2ncc(-c3ccccc3)o2)c1. The average molecular weight is 422 g/mol. The summed E-state index contributed by atoms with van der Waals surface area (Å²) in [6.45, 7) is 1.34. The van der Waals surface area contributed by atoms with E-state index in [1.165, 1.54) is 13.2 Å². The van der Waals surface area contributed by atoms with Crippen LogP contribution in [0.4, 0.5) is 5.69 Å². The van der Waals surface area contributed by atoms with E-state index in [9.17, 15) is 14.4 Å². The van der Waals surface area contributed by atoms with Crippen LogP contribution in [-0.4, -0.2) is 36.5 Å². The van der Waals surface area contributed by atoms with Crippen molar-refractivity contribution in [2.45, 2.75) is 19.8 Å². The van der Waals surface area contributed by atoms with Crippen LogP contribution in [0.3, 0.4) is 0 Å². The summed E-state index contributed by atoms with van der Waals surface area (Å²) in [6.07, 6.45) is 1.89. The molecule has 0 aliphatic carbocycles. The molecule has 1 amide bonds. The number of ether oxygens (including phenoxy) is 2. The first-order valence-corrected chi connectivity index (χ1v) is 9.61. The maximum Gasteiger partial charge on any atom is 0.337 e. The van der Waals surface area contributed by atoms with Crippen LogP contribution in [0.2, 0.25) is 0 Å². The van der Waals surface area contributed by atoms with E-state index >= 15 is 0 Å². The second kappa shape index (κ2) is 10.2. The van der Waals surface area contributed by atoms with Crippen LogP contribution in [0.5, 0.6) is 0 Å². The van der Waals surface area contributed by atoms with Crippen LogP contribution >= 0.6 is 0 Å². The summed E-state index contributed by atoms with van der Waals surface area (Å²) in [5.41, 5.74) is 2.40. The molecule has 0 aliphatic heterocycles. The van der Waals surface area contributed by atoms with E-state index in [0.717, 1.165) is 11.1 Å². The maximum atomic E-state index is 12.1. The normalized spacial score (nSPS) is 10.4. The Labute approximate surface area is 179 Å². The van der Waals surface area contributed by atoms with Crippen molar-refractivity contribution in [1.29, 1.82) is 0 Å². The van der Waals surface area contributed by atoms with E-state index in [1.807, 2.05) is 30.3 Å². The quantitative estimate of drug-likeness (QED) is 0.553. The number of anilines is 1. The lowest BCUT2D eigenvalue weighted by Gasteiger charge is -2.10. The third-order valence-corrected chi connectivity index (χ3v) is 4.45. The number of oxazole rings is 1. The fourth-order valence-electron chi connectivity index (χ4n) is 2.78. The molecule has 0 aliphatic rings. The van der Waals surface area contributed by atoms with Gasteiger partial charge in [-0.1, -0.05) is 36.4 Å². The Balaban J connectivity index is 1.46. The van der Waals surface area contributed by atoms with E-state index in [-0.39, 0.29) is 12.8 Å². The molecule has 31 heavy (non-hydrogen) atoms. The average Bonchev–Trinajstić information content (AvgIpc) is 3.27. The van der Waals surface area contributed by atoms with Gasteiger partial charge in [0.25, 0.3) is 5.91 Å². The molecule has 160 valence electrons. The van der Waals surface area contributed by atoms with E-state index in [2.05, 4.69) is 15.0 Å². The van der Waals surface area contributed by atoms with Gasteiger partial charge in [0.15, 0.2) is 18.3 Å². The molecule has 0 saturated carbocycles. The van der Waals surface area contributed by atoms with Gasteiger partial charge in [0.05, 0.1) is 25.3 Å². The summed E-state index contributed by atoms with van der Waals surface area (Å²) in [4.78, 5) is 39.9. The van der Waals surface area contributed by atoms with Crippen LogP contribution in [0.15, 0.2) is 59.1 Å². The van der Waals surface area contributed by atoms with Crippen LogP contribution in [0.25, 0.3) is 11.3 Å². The first kappa shape index (κ1) is 21.8.